The molecule has 1 aromatic heterocycles. The van der Waals surface area contributed by atoms with Gasteiger partial charge in [0.1, 0.15) is 5.15 Å². The van der Waals surface area contributed by atoms with E-state index in [1.807, 2.05) is 11.8 Å². The number of aromatic nitrogens is 2. The van der Waals surface area contributed by atoms with Gasteiger partial charge in [0.25, 0.3) is 0 Å². The van der Waals surface area contributed by atoms with Crippen LogP contribution in [0.15, 0.2) is 6.07 Å². The molecule has 16 heavy (non-hydrogen) atoms. The summed E-state index contributed by atoms with van der Waals surface area (Å²) in [5, 5.41) is 1.45. The molecule has 0 radical (unpaired) electrons. The molecule has 0 spiro atoms. The first-order valence-corrected chi connectivity index (χ1v) is 7.35. The lowest BCUT2D eigenvalue weighted by Crippen LogP contribution is -2.08. The van der Waals surface area contributed by atoms with E-state index in [1.54, 1.807) is 6.07 Å². The minimum atomic E-state index is 0.242. The molecule has 0 aliphatic heterocycles. The third-order valence-electron chi connectivity index (χ3n) is 2.74. The van der Waals surface area contributed by atoms with Gasteiger partial charge in [-0.25, -0.2) is 9.97 Å². The van der Waals surface area contributed by atoms with Crippen LogP contribution < -0.4 is 0 Å². The maximum atomic E-state index is 5.83. The molecule has 2 rings (SSSR count). The van der Waals surface area contributed by atoms with Crippen LogP contribution in [0, 0.1) is 0 Å². The number of hydrogen-bond acceptors (Lipinski definition) is 3. The fourth-order valence-electron chi connectivity index (χ4n) is 1.94. The number of rotatable bonds is 3. The highest BCUT2D eigenvalue weighted by molar-refractivity contribution is 7.99. The van der Waals surface area contributed by atoms with Crippen molar-refractivity contribution >= 4 is 35.0 Å². The van der Waals surface area contributed by atoms with E-state index in [0.29, 0.717) is 5.15 Å². The fourth-order valence-corrected chi connectivity index (χ4v) is 3.61. The largest absolute Gasteiger partial charge is 0.224 e. The third-order valence-corrected chi connectivity index (χ3v) is 4.51. The topological polar surface area (TPSA) is 25.8 Å². The van der Waals surface area contributed by atoms with E-state index in [1.165, 1.54) is 32.1 Å². The molecule has 1 aliphatic rings. The monoisotopic (exact) mass is 276 g/mol. The lowest BCUT2D eigenvalue weighted by molar-refractivity contribution is 0.516. The van der Waals surface area contributed by atoms with Crippen molar-refractivity contribution in [2.45, 2.75) is 43.1 Å². The minimum Gasteiger partial charge on any atom is -0.222 e. The van der Waals surface area contributed by atoms with Gasteiger partial charge in [-0.1, -0.05) is 30.9 Å². The van der Waals surface area contributed by atoms with Crippen molar-refractivity contribution in [1.82, 2.24) is 9.97 Å². The summed E-state index contributed by atoms with van der Waals surface area (Å²) in [7, 11) is 0. The summed E-state index contributed by atoms with van der Waals surface area (Å²) in [5.74, 6) is 0.882. The highest BCUT2D eigenvalue weighted by atomic mass is 35.5. The van der Waals surface area contributed by atoms with Crippen molar-refractivity contribution in [2.24, 2.45) is 0 Å². The summed E-state index contributed by atoms with van der Waals surface area (Å²) in [5.41, 5.74) is 0.931. The van der Waals surface area contributed by atoms with Crippen molar-refractivity contribution in [1.29, 1.82) is 0 Å². The van der Waals surface area contributed by atoms with Gasteiger partial charge >= 0.3 is 0 Å². The van der Waals surface area contributed by atoms with Gasteiger partial charge in [0.2, 0.25) is 5.28 Å². The zero-order valence-electron chi connectivity index (χ0n) is 8.96. The van der Waals surface area contributed by atoms with Gasteiger partial charge in [-0.05, 0) is 30.5 Å². The molecule has 2 nitrogen and oxygen atoms in total. The van der Waals surface area contributed by atoms with Crippen LogP contribution in [0.3, 0.4) is 0 Å². The normalized spacial score (nSPS) is 17.6. The minimum absolute atomic E-state index is 0.242. The maximum Gasteiger partial charge on any atom is 0.224 e. The second kappa shape index (κ2) is 6.08. The Morgan fingerprint density at radius 1 is 1.19 bits per heavy atom. The lowest BCUT2D eigenvalue weighted by atomic mass is 10.0. The molecule has 88 valence electrons. The van der Waals surface area contributed by atoms with Gasteiger partial charge in [0.15, 0.2) is 0 Å². The van der Waals surface area contributed by atoms with Gasteiger partial charge in [-0.3, -0.25) is 0 Å². The SMILES string of the molecule is Clc1cc(CSC2CCCCC2)nc(Cl)n1. The van der Waals surface area contributed by atoms with Gasteiger partial charge in [0, 0.05) is 11.0 Å². The van der Waals surface area contributed by atoms with E-state index in [-0.39, 0.29) is 5.28 Å². The summed E-state index contributed by atoms with van der Waals surface area (Å²) >= 11 is 13.5. The molecular formula is C11H14Cl2N2S. The highest BCUT2D eigenvalue weighted by Crippen LogP contribution is 2.30. The van der Waals surface area contributed by atoms with Crippen molar-refractivity contribution in [3.8, 4) is 0 Å². The zero-order valence-corrected chi connectivity index (χ0v) is 11.3. The van der Waals surface area contributed by atoms with E-state index in [0.717, 1.165) is 16.7 Å². The Hall–Kier alpha value is 0.01000. The summed E-state index contributed by atoms with van der Waals surface area (Å²) in [6.07, 6.45) is 6.78. The lowest BCUT2D eigenvalue weighted by Gasteiger charge is -2.20. The molecule has 1 fully saturated rings. The van der Waals surface area contributed by atoms with Crippen LogP contribution in [0.1, 0.15) is 37.8 Å². The molecule has 0 unspecified atom stereocenters. The van der Waals surface area contributed by atoms with E-state index < -0.39 is 0 Å². The predicted molar refractivity (Wildman–Crippen MR) is 70.2 cm³/mol. The van der Waals surface area contributed by atoms with Crippen molar-refractivity contribution in [2.75, 3.05) is 0 Å². The van der Waals surface area contributed by atoms with Crippen molar-refractivity contribution < 1.29 is 0 Å². The first kappa shape index (κ1) is 12.5. The number of hydrogen-bond donors (Lipinski definition) is 0. The second-order valence-electron chi connectivity index (χ2n) is 4.02. The Morgan fingerprint density at radius 2 is 1.94 bits per heavy atom. The average molecular weight is 277 g/mol. The first-order chi connectivity index (χ1) is 7.74. The summed E-state index contributed by atoms with van der Waals surface area (Å²) in [6.45, 7) is 0. The molecule has 0 N–H and O–H groups in total. The molecule has 1 aliphatic carbocycles. The number of thioether (sulfide) groups is 1. The second-order valence-corrected chi connectivity index (χ2v) is 6.04. The molecule has 1 saturated carbocycles. The average Bonchev–Trinajstić information content (AvgIpc) is 2.27. The van der Waals surface area contributed by atoms with Gasteiger partial charge in [0.05, 0.1) is 5.69 Å². The highest BCUT2D eigenvalue weighted by Gasteiger charge is 2.14. The first-order valence-electron chi connectivity index (χ1n) is 5.54. The predicted octanol–water partition coefficient (Wildman–Crippen LogP) is 4.35. The van der Waals surface area contributed by atoms with Crippen LogP contribution in [-0.4, -0.2) is 15.2 Å². The van der Waals surface area contributed by atoms with Crippen LogP contribution in [0.2, 0.25) is 10.4 Å². The molecule has 5 heteroatoms. The molecule has 0 saturated heterocycles. The van der Waals surface area contributed by atoms with E-state index in [4.69, 9.17) is 23.2 Å². The van der Waals surface area contributed by atoms with Crippen LogP contribution >= 0.6 is 35.0 Å². The summed E-state index contributed by atoms with van der Waals surface area (Å²) in [4.78, 5) is 8.01. The molecule has 0 bridgehead atoms. The van der Waals surface area contributed by atoms with E-state index >= 15 is 0 Å². The van der Waals surface area contributed by atoms with Crippen molar-refractivity contribution in [3.05, 3.63) is 22.2 Å². The molecule has 1 heterocycles. The molecule has 0 amide bonds. The quantitative estimate of drug-likeness (QED) is 0.606. The fraction of sp³-hybridized carbons (Fsp3) is 0.636. The van der Waals surface area contributed by atoms with E-state index in [2.05, 4.69) is 9.97 Å². The smallest absolute Gasteiger partial charge is 0.222 e. The maximum absolute atomic E-state index is 5.83. The van der Waals surface area contributed by atoms with Crippen LogP contribution in [0.25, 0.3) is 0 Å². The number of nitrogens with zero attached hydrogens (tertiary/aromatic N) is 2. The summed E-state index contributed by atoms with van der Waals surface area (Å²) in [6, 6.07) is 1.79. The Labute approximate surface area is 110 Å². The van der Waals surface area contributed by atoms with Crippen LogP contribution in [0.4, 0.5) is 0 Å². The Kier molecular flexibility index (Phi) is 4.74. The zero-order chi connectivity index (χ0) is 11.4. The van der Waals surface area contributed by atoms with Gasteiger partial charge in [-0.2, -0.15) is 11.8 Å². The third kappa shape index (κ3) is 3.79. The van der Waals surface area contributed by atoms with Gasteiger partial charge < -0.3 is 0 Å². The Bertz CT molecular complexity index is 334. The molecular weight excluding hydrogens is 263 g/mol. The Balaban J connectivity index is 1.88. The molecule has 0 atom stereocenters. The van der Waals surface area contributed by atoms with Crippen LogP contribution in [0.5, 0.6) is 0 Å². The standard InChI is InChI=1S/C11H14Cl2N2S/c12-10-6-8(14-11(13)15-10)7-16-9-4-2-1-3-5-9/h6,9H,1-5,7H2. The Morgan fingerprint density at radius 3 is 2.62 bits per heavy atom. The number of halogens is 2. The van der Waals surface area contributed by atoms with Crippen molar-refractivity contribution in [3.63, 3.8) is 0 Å². The molecule has 1 aromatic rings. The summed E-state index contributed by atoms with van der Waals surface area (Å²) < 4.78 is 0. The van der Waals surface area contributed by atoms with Gasteiger partial charge in [-0.15, -0.1) is 0 Å². The van der Waals surface area contributed by atoms with E-state index in [9.17, 15) is 0 Å². The molecule has 0 aromatic carbocycles. The van der Waals surface area contributed by atoms with Crippen LogP contribution in [-0.2, 0) is 5.75 Å².